The van der Waals surface area contributed by atoms with E-state index >= 15 is 0 Å². The third-order valence-electron chi connectivity index (χ3n) is 5.70. The lowest BCUT2D eigenvalue weighted by atomic mass is 10.1. The number of anilines is 2. The van der Waals surface area contributed by atoms with E-state index in [1.165, 1.54) is 25.1 Å². The first kappa shape index (κ1) is 23.0. The number of aromatic nitrogens is 1. The van der Waals surface area contributed by atoms with Crippen LogP contribution in [0.2, 0.25) is 0 Å². The van der Waals surface area contributed by atoms with Crippen LogP contribution in [-0.2, 0) is 21.2 Å². The third-order valence-corrected chi connectivity index (χ3v) is 7.52. The van der Waals surface area contributed by atoms with Crippen molar-refractivity contribution < 1.29 is 22.7 Å². The first-order chi connectivity index (χ1) is 16.1. The summed E-state index contributed by atoms with van der Waals surface area (Å²) in [6.45, 7) is 1.51. The number of carboxylic acid groups (broad SMARTS) is 1. The zero-order valence-corrected chi connectivity index (χ0v) is 19.2. The Morgan fingerprint density at radius 3 is 2.44 bits per heavy atom. The second kappa shape index (κ2) is 8.65. The summed E-state index contributed by atoms with van der Waals surface area (Å²) in [4.78, 5) is 13.2. The van der Waals surface area contributed by atoms with Crippen LogP contribution >= 0.6 is 0 Å². The average Bonchev–Trinajstić information content (AvgIpc) is 3.09. The highest BCUT2D eigenvalue weighted by molar-refractivity contribution is 7.90. The van der Waals surface area contributed by atoms with E-state index in [9.17, 15) is 22.7 Å². The van der Waals surface area contributed by atoms with Gasteiger partial charge in [-0.3, -0.25) is 4.79 Å². The Morgan fingerprint density at radius 1 is 1.09 bits per heavy atom. The molecule has 172 valence electrons. The fourth-order valence-corrected chi connectivity index (χ4v) is 5.57. The summed E-state index contributed by atoms with van der Waals surface area (Å²) in [5.74, 6) is -1.72. The van der Waals surface area contributed by atoms with E-state index in [0.717, 1.165) is 21.8 Å². The molecule has 0 aliphatic carbocycles. The van der Waals surface area contributed by atoms with Gasteiger partial charge in [0.05, 0.1) is 28.5 Å². The second-order valence-corrected chi connectivity index (χ2v) is 9.57. The molecule has 3 aromatic carbocycles. The molecule has 0 amide bonds. The number of nitriles is 1. The number of fused-ring (bicyclic) bond motifs is 1. The highest BCUT2D eigenvalue weighted by atomic mass is 32.2. The minimum Gasteiger partial charge on any atom is -0.481 e. The number of rotatable bonds is 6. The lowest BCUT2D eigenvalue weighted by Crippen LogP contribution is -2.15. The van der Waals surface area contributed by atoms with Crippen molar-refractivity contribution in [1.29, 1.82) is 5.26 Å². The molecule has 0 atom stereocenters. The topological polar surface area (TPSA) is 103 Å². The molecule has 0 aliphatic rings. The average molecular weight is 478 g/mol. The minimum absolute atomic E-state index is 0.00151. The number of hydrogen-bond donors (Lipinski definition) is 1. The van der Waals surface area contributed by atoms with Crippen LogP contribution in [0.5, 0.6) is 0 Å². The first-order valence-corrected chi connectivity index (χ1v) is 11.7. The predicted octanol–water partition coefficient (Wildman–Crippen LogP) is 4.59. The van der Waals surface area contributed by atoms with E-state index in [4.69, 9.17) is 5.26 Å². The number of halogens is 1. The van der Waals surface area contributed by atoms with Crippen LogP contribution in [0.1, 0.15) is 16.8 Å². The second-order valence-electron chi connectivity index (χ2n) is 7.78. The Bertz CT molecular complexity index is 1570. The van der Waals surface area contributed by atoms with Crippen LogP contribution in [0.4, 0.5) is 15.8 Å². The van der Waals surface area contributed by atoms with Crippen molar-refractivity contribution in [1.82, 2.24) is 3.97 Å². The molecule has 0 radical (unpaired) electrons. The van der Waals surface area contributed by atoms with Gasteiger partial charge in [0, 0.05) is 29.5 Å². The van der Waals surface area contributed by atoms with Gasteiger partial charge >= 0.3 is 5.97 Å². The monoisotopic (exact) mass is 477 g/mol. The molecular formula is C25H20FN3O4S. The van der Waals surface area contributed by atoms with Gasteiger partial charge in [0.15, 0.2) is 0 Å². The van der Waals surface area contributed by atoms with Crippen molar-refractivity contribution in [2.75, 3.05) is 11.9 Å². The quantitative estimate of drug-likeness (QED) is 0.436. The van der Waals surface area contributed by atoms with Gasteiger partial charge in [-0.1, -0.05) is 6.07 Å². The number of hydrogen-bond acceptors (Lipinski definition) is 5. The van der Waals surface area contributed by atoms with E-state index in [1.54, 1.807) is 37.4 Å². The molecule has 0 unspecified atom stereocenters. The molecule has 0 spiro atoms. The van der Waals surface area contributed by atoms with Gasteiger partial charge in [0.2, 0.25) is 0 Å². The maximum absolute atomic E-state index is 13.9. The van der Waals surface area contributed by atoms with Crippen LogP contribution in [0, 0.1) is 24.1 Å². The Morgan fingerprint density at radius 2 is 1.79 bits per heavy atom. The van der Waals surface area contributed by atoms with Crippen LogP contribution < -0.4 is 4.90 Å². The lowest BCUT2D eigenvalue weighted by Gasteiger charge is -2.20. The predicted molar refractivity (Wildman–Crippen MR) is 126 cm³/mol. The molecule has 9 heteroatoms. The molecule has 0 aliphatic heterocycles. The SMILES string of the molecule is Cc1c(CC(=O)O)c2cc(F)ccc2n1S(=O)(=O)c1ccc(N(C)c2cccc(C#N)c2)cc1. The van der Waals surface area contributed by atoms with Crippen LogP contribution in [0.25, 0.3) is 10.9 Å². The van der Waals surface area contributed by atoms with Gasteiger partial charge in [-0.15, -0.1) is 0 Å². The number of nitrogens with zero attached hydrogens (tertiary/aromatic N) is 3. The molecule has 0 saturated heterocycles. The van der Waals surface area contributed by atoms with Crippen molar-refractivity contribution in [2.45, 2.75) is 18.2 Å². The largest absolute Gasteiger partial charge is 0.481 e. The number of carboxylic acids is 1. The highest BCUT2D eigenvalue weighted by Crippen LogP contribution is 2.32. The van der Waals surface area contributed by atoms with E-state index < -0.39 is 28.2 Å². The molecule has 1 aromatic heterocycles. The Labute approximate surface area is 196 Å². The smallest absolute Gasteiger partial charge is 0.307 e. The summed E-state index contributed by atoms with van der Waals surface area (Å²) in [5.41, 5.74) is 2.66. The summed E-state index contributed by atoms with van der Waals surface area (Å²) in [7, 11) is -2.30. The summed E-state index contributed by atoms with van der Waals surface area (Å²) >= 11 is 0. The van der Waals surface area contributed by atoms with Gasteiger partial charge in [0.25, 0.3) is 10.0 Å². The molecule has 0 saturated carbocycles. The van der Waals surface area contributed by atoms with Crippen molar-refractivity contribution in [3.63, 3.8) is 0 Å². The third kappa shape index (κ3) is 4.00. The standard InChI is InChI=1S/C25H20FN3O4S/c1-16-22(14-25(30)31)23-13-18(26)6-11-24(23)29(16)34(32,33)21-9-7-19(8-10-21)28(2)20-5-3-4-17(12-20)15-27/h3-13H,14H2,1-2H3,(H,30,31). The molecule has 34 heavy (non-hydrogen) atoms. The van der Waals surface area contributed by atoms with Gasteiger partial charge in [-0.25, -0.2) is 16.8 Å². The molecule has 0 fully saturated rings. The maximum atomic E-state index is 13.9. The molecule has 1 heterocycles. The highest BCUT2D eigenvalue weighted by Gasteiger charge is 2.26. The van der Waals surface area contributed by atoms with Gasteiger partial charge in [0.1, 0.15) is 5.82 Å². The van der Waals surface area contributed by atoms with Crippen molar-refractivity contribution in [2.24, 2.45) is 0 Å². The Kier molecular flexibility index (Phi) is 5.85. The summed E-state index contributed by atoms with van der Waals surface area (Å²) in [5, 5.41) is 18.7. The molecule has 4 aromatic rings. The molecule has 1 N–H and O–H groups in total. The Hall–Kier alpha value is -4.16. The van der Waals surface area contributed by atoms with Crippen molar-refractivity contribution >= 4 is 38.3 Å². The zero-order valence-electron chi connectivity index (χ0n) is 18.4. The maximum Gasteiger partial charge on any atom is 0.307 e. The Balaban J connectivity index is 1.78. The minimum atomic E-state index is -4.10. The molecule has 0 bridgehead atoms. The number of aliphatic carboxylic acids is 1. The van der Waals surface area contributed by atoms with Crippen LogP contribution in [-0.4, -0.2) is 30.5 Å². The fraction of sp³-hybridized carbons (Fsp3) is 0.120. The van der Waals surface area contributed by atoms with Crippen molar-refractivity contribution in [3.05, 3.63) is 89.4 Å². The van der Waals surface area contributed by atoms with Crippen molar-refractivity contribution in [3.8, 4) is 6.07 Å². The van der Waals surface area contributed by atoms with Gasteiger partial charge in [-0.2, -0.15) is 5.26 Å². The zero-order chi connectivity index (χ0) is 24.6. The van der Waals surface area contributed by atoms with E-state index in [0.29, 0.717) is 11.3 Å². The summed E-state index contributed by atoms with van der Waals surface area (Å²) < 4.78 is 42.1. The number of benzene rings is 3. The lowest BCUT2D eigenvalue weighted by molar-refractivity contribution is -0.136. The van der Waals surface area contributed by atoms with Crippen LogP contribution in [0.3, 0.4) is 0 Å². The van der Waals surface area contributed by atoms with Gasteiger partial charge in [-0.05, 0) is 73.2 Å². The van der Waals surface area contributed by atoms with E-state index in [2.05, 4.69) is 6.07 Å². The fourth-order valence-electron chi connectivity index (χ4n) is 3.99. The van der Waals surface area contributed by atoms with Crippen LogP contribution in [0.15, 0.2) is 71.6 Å². The van der Waals surface area contributed by atoms with E-state index in [-0.39, 0.29) is 27.1 Å². The van der Waals surface area contributed by atoms with Gasteiger partial charge < -0.3 is 10.0 Å². The summed E-state index contributed by atoms with van der Waals surface area (Å²) in [6, 6.07) is 19.0. The van der Waals surface area contributed by atoms with E-state index in [1.807, 2.05) is 11.0 Å². The normalized spacial score (nSPS) is 11.4. The molecule has 7 nitrogen and oxygen atoms in total. The molecular weight excluding hydrogens is 457 g/mol. The molecule has 4 rings (SSSR count). The number of carbonyl (C=O) groups is 1. The summed E-state index contributed by atoms with van der Waals surface area (Å²) in [6.07, 6.45) is -0.431. The first-order valence-electron chi connectivity index (χ1n) is 10.2.